The number of aromatic nitrogens is 2. The molecular weight excluding hydrogens is 385 g/mol. The van der Waals surface area contributed by atoms with E-state index in [0.717, 1.165) is 40.5 Å². The van der Waals surface area contributed by atoms with Gasteiger partial charge in [-0.3, -0.25) is 9.48 Å². The third kappa shape index (κ3) is 4.91. The normalized spacial score (nSPS) is 15.1. The van der Waals surface area contributed by atoms with E-state index < -0.39 is 18.7 Å². The molecule has 0 unspecified atom stereocenters. The van der Waals surface area contributed by atoms with Crippen molar-refractivity contribution < 1.29 is 22.7 Å². The van der Waals surface area contributed by atoms with Crippen molar-refractivity contribution in [3.63, 3.8) is 0 Å². The first-order valence-corrected chi connectivity index (χ1v) is 8.88. The fraction of sp³-hybridized carbons (Fsp3) is 0.529. The Balaban J connectivity index is 1.65. The average Bonchev–Trinajstić information content (AvgIpc) is 2.97. The van der Waals surface area contributed by atoms with Crippen LogP contribution in [0.25, 0.3) is 10.9 Å². The number of fused-ring (bicyclic) bond motifs is 1. The Hall–Kier alpha value is -1.84. The van der Waals surface area contributed by atoms with Crippen molar-refractivity contribution in [3.05, 3.63) is 29.5 Å². The minimum atomic E-state index is -4.40. The van der Waals surface area contributed by atoms with Crippen LogP contribution in [-0.4, -0.2) is 59.1 Å². The highest BCUT2D eigenvalue weighted by Crippen LogP contribution is 2.23. The summed E-state index contributed by atoms with van der Waals surface area (Å²) < 4.78 is 43.4. The third-order valence-electron chi connectivity index (χ3n) is 4.47. The van der Waals surface area contributed by atoms with Crippen molar-refractivity contribution in [2.24, 2.45) is 5.92 Å². The molecule has 1 aromatic carbocycles. The molecule has 1 N–H and O–H groups in total. The summed E-state index contributed by atoms with van der Waals surface area (Å²) in [4.78, 5) is 12.5. The minimum absolute atomic E-state index is 0.151. The quantitative estimate of drug-likeness (QED) is 0.569. The van der Waals surface area contributed by atoms with E-state index in [1.165, 1.54) is 0 Å². The molecule has 1 aromatic heterocycles. The predicted octanol–water partition coefficient (Wildman–Crippen LogP) is 2.74. The molecule has 0 aliphatic carbocycles. The Morgan fingerprint density at radius 3 is 2.81 bits per heavy atom. The Kier molecular flexibility index (Phi) is 5.92. The molecule has 2 aromatic rings. The van der Waals surface area contributed by atoms with E-state index in [2.05, 4.69) is 15.2 Å². The standard InChI is InChI=1S/C17H20ClF3N4O2/c1-11-13(16(26)25(18)4-5-27-10-17(19,20)21)2-3-15-14(11)9-24(23-15)8-12-6-22-7-12/h2-3,9,12,22H,4-8,10H2,1H3. The highest BCUT2D eigenvalue weighted by atomic mass is 35.5. The van der Waals surface area contributed by atoms with Gasteiger partial charge in [-0.2, -0.15) is 18.3 Å². The van der Waals surface area contributed by atoms with E-state index in [0.29, 0.717) is 11.5 Å². The van der Waals surface area contributed by atoms with Gasteiger partial charge in [0.05, 0.1) is 18.7 Å². The number of amides is 1. The molecular formula is C17H20ClF3N4O2. The van der Waals surface area contributed by atoms with E-state index in [1.807, 2.05) is 10.9 Å². The maximum absolute atomic E-state index is 12.5. The predicted molar refractivity (Wildman–Crippen MR) is 94.6 cm³/mol. The first kappa shape index (κ1) is 19.9. The van der Waals surface area contributed by atoms with E-state index >= 15 is 0 Å². The summed E-state index contributed by atoms with van der Waals surface area (Å²) >= 11 is 5.93. The van der Waals surface area contributed by atoms with Crippen LogP contribution in [0.3, 0.4) is 0 Å². The van der Waals surface area contributed by atoms with Gasteiger partial charge in [-0.15, -0.1) is 0 Å². The molecule has 2 heterocycles. The minimum Gasteiger partial charge on any atom is -0.370 e. The molecule has 148 valence electrons. The highest BCUT2D eigenvalue weighted by Gasteiger charge is 2.27. The largest absolute Gasteiger partial charge is 0.411 e. The van der Waals surface area contributed by atoms with Crippen LogP contribution in [0.15, 0.2) is 18.3 Å². The molecule has 0 saturated carbocycles. The number of rotatable bonds is 7. The fourth-order valence-corrected chi connectivity index (χ4v) is 3.07. The monoisotopic (exact) mass is 404 g/mol. The van der Waals surface area contributed by atoms with Crippen LogP contribution in [0, 0.1) is 12.8 Å². The lowest BCUT2D eigenvalue weighted by molar-refractivity contribution is -0.173. The molecule has 0 radical (unpaired) electrons. The number of benzene rings is 1. The van der Waals surface area contributed by atoms with Crippen molar-refractivity contribution in [1.82, 2.24) is 19.5 Å². The molecule has 1 fully saturated rings. The summed E-state index contributed by atoms with van der Waals surface area (Å²) in [6.07, 6.45) is -2.50. The zero-order valence-corrected chi connectivity index (χ0v) is 15.5. The molecule has 0 atom stereocenters. The Bertz CT molecular complexity index is 820. The number of carbonyl (C=O) groups excluding carboxylic acids is 1. The van der Waals surface area contributed by atoms with Crippen LogP contribution in [0.4, 0.5) is 13.2 Å². The molecule has 3 rings (SSSR count). The zero-order valence-electron chi connectivity index (χ0n) is 14.7. The van der Waals surface area contributed by atoms with Crippen molar-refractivity contribution >= 4 is 28.6 Å². The lowest BCUT2D eigenvalue weighted by Crippen LogP contribution is -2.44. The van der Waals surface area contributed by atoms with E-state index in [4.69, 9.17) is 11.8 Å². The second kappa shape index (κ2) is 8.04. The number of hydrogen-bond donors (Lipinski definition) is 1. The fourth-order valence-electron chi connectivity index (χ4n) is 2.91. The number of ether oxygens (including phenoxy) is 1. The summed E-state index contributed by atoms with van der Waals surface area (Å²) in [7, 11) is 0. The third-order valence-corrected chi connectivity index (χ3v) is 4.79. The number of aryl methyl sites for hydroxylation is 1. The van der Waals surface area contributed by atoms with Gasteiger partial charge >= 0.3 is 6.18 Å². The number of alkyl halides is 3. The number of nitrogens with one attached hydrogen (secondary N) is 1. The lowest BCUT2D eigenvalue weighted by atomic mass is 10.0. The van der Waals surface area contributed by atoms with E-state index in [1.54, 1.807) is 19.1 Å². The maximum Gasteiger partial charge on any atom is 0.411 e. The van der Waals surface area contributed by atoms with Crippen LogP contribution in [0.1, 0.15) is 15.9 Å². The summed E-state index contributed by atoms with van der Waals surface area (Å²) in [6, 6.07) is 3.38. The first-order valence-electron chi connectivity index (χ1n) is 8.54. The van der Waals surface area contributed by atoms with Crippen LogP contribution in [-0.2, 0) is 11.3 Å². The van der Waals surface area contributed by atoms with Gasteiger partial charge in [0.15, 0.2) is 0 Å². The number of halogens is 4. The van der Waals surface area contributed by atoms with Crippen LogP contribution in [0.5, 0.6) is 0 Å². The van der Waals surface area contributed by atoms with Gasteiger partial charge in [0.25, 0.3) is 5.91 Å². The van der Waals surface area contributed by atoms with Crippen molar-refractivity contribution in [2.75, 3.05) is 32.8 Å². The van der Waals surface area contributed by atoms with Crippen molar-refractivity contribution in [1.29, 1.82) is 0 Å². The molecule has 0 spiro atoms. The summed E-state index contributed by atoms with van der Waals surface area (Å²) in [5, 5.41) is 8.60. The molecule has 1 amide bonds. The van der Waals surface area contributed by atoms with Gasteiger partial charge in [0, 0.05) is 54.5 Å². The molecule has 27 heavy (non-hydrogen) atoms. The lowest BCUT2D eigenvalue weighted by Gasteiger charge is -2.26. The molecule has 1 saturated heterocycles. The van der Waals surface area contributed by atoms with Crippen LogP contribution < -0.4 is 5.32 Å². The number of nitrogens with zero attached hydrogens (tertiary/aromatic N) is 3. The van der Waals surface area contributed by atoms with E-state index in [-0.39, 0.29) is 13.2 Å². The molecule has 1 aliphatic heterocycles. The van der Waals surface area contributed by atoms with Gasteiger partial charge in [-0.1, -0.05) is 0 Å². The first-order chi connectivity index (χ1) is 12.7. The number of hydrogen-bond acceptors (Lipinski definition) is 4. The van der Waals surface area contributed by atoms with Crippen molar-refractivity contribution in [3.8, 4) is 0 Å². The van der Waals surface area contributed by atoms with Gasteiger partial charge in [0.1, 0.15) is 6.61 Å². The van der Waals surface area contributed by atoms with Crippen LogP contribution >= 0.6 is 11.8 Å². The Morgan fingerprint density at radius 2 is 2.19 bits per heavy atom. The molecule has 6 nitrogen and oxygen atoms in total. The van der Waals surface area contributed by atoms with Gasteiger partial charge < -0.3 is 10.1 Å². The molecule has 0 bridgehead atoms. The smallest absolute Gasteiger partial charge is 0.370 e. The number of carbonyl (C=O) groups is 1. The average molecular weight is 405 g/mol. The van der Waals surface area contributed by atoms with Gasteiger partial charge in [-0.25, -0.2) is 4.42 Å². The van der Waals surface area contributed by atoms with Gasteiger partial charge in [-0.05, 0) is 24.6 Å². The second-order valence-electron chi connectivity index (χ2n) is 6.61. The van der Waals surface area contributed by atoms with Crippen LogP contribution in [0.2, 0.25) is 0 Å². The summed E-state index contributed by atoms with van der Waals surface area (Å²) in [6.45, 7) is 2.73. The Morgan fingerprint density at radius 1 is 1.44 bits per heavy atom. The van der Waals surface area contributed by atoms with Gasteiger partial charge in [0.2, 0.25) is 0 Å². The molecule has 10 heteroatoms. The molecule has 1 aliphatic rings. The second-order valence-corrected chi connectivity index (χ2v) is 7.01. The Labute approximate surface area is 159 Å². The SMILES string of the molecule is Cc1c(C(=O)N(Cl)CCOCC(F)(F)F)ccc2nn(CC3CNC3)cc12. The topological polar surface area (TPSA) is 59.4 Å². The summed E-state index contributed by atoms with van der Waals surface area (Å²) in [5.41, 5.74) is 1.90. The van der Waals surface area contributed by atoms with E-state index in [9.17, 15) is 18.0 Å². The summed E-state index contributed by atoms with van der Waals surface area (Å²) in [5.74, 6) is 0.0679. The zero-order chi connectivity index (χ0) is 19.6. The highest BCUT2D eigenvalue weighted by molar-refractivity contribution is 6.24. The maximum atomic E-state index is 12.5. The van der Waals surface area contributed by atoms with Crippen molar-refractivity contribution in [2.45, 2.75) is 19.6 Å².